The van der Waals surface area contributed by atoms with Crippen molar-refractivity contribution in [1.29, 1.82) is 0 Å². The fourth-order valence-electron chi connectivity index (χ4n) is 2.95. The molecular formula is C22H26N4O2S. The fourth-order valence-corrected chi connectivity index (χ4v) is 3.80. The third-order valence-electron chi connectivity index (χ3n) is 4.67. The summed E-state index contributed by atoms with van der Waals surface area (Å²) >= 11 is 1.45. The van der Waals surface area contributed by atoms with E-state index in [0.717, 1.165) is 33.4 Å². The van der Waals surface area contributed by atoms with Crippen molar-refractivity contribution >= 4 is 11.8 Å². The smallest absolute Gasteiger partial charge is 0.191 e. The van der Waals surface area contributed by atoms with Gasteiger partial charge in [0.2, 0.25) is 0 Å². The predicted molar refractivity (Wildman–Crippen MR) is 116 cm³/mol. The molecule has 0 aliphatic carbocycles. The van der Waals surface area contributed by atoms with Crippen molar-refractivity contribution in [3.63, 3.8) is 0 Å². The minimum atomic E-state index is -0.627. The minimum absolute atomic E-state index is 0.227. The largest absolute Gasteiger partial charge is 0.490 e. The molecule has 0 unspecified atom stereocenters. The van der Waals surface area contributed by atoms with E-state index in [4.69, 9.17) is 4.74 Å². The Morgan fingerprint density at radius 3 is 2.59 bits per heavy atom. The monoisotopic (exact) mass is 410 g/mol. The summed E-state index contributed by atoms with van der Waals surface area (Å²) in [6.45, 7) is 10.7. The highest BCUT2D eigenvalue weighted by Crippen LogP contribution is 2.27. The Balaban J connectivity index is 1.65. The SMILES string of the molecule is C=CCn1c(SC[C@@H](O)COc2c(C)ccc(C)c2C)nnc1-c1ccncc1. The zero-order valence-electron chi connectivity index (χ0n) is 17.0. The Kier molecular flexibility index (Phi) is 7.06. The first-order valence-corrected chi connectivity index (χ1v) is 10.4. The summed E-state index contributed by atoms with van der Waals surface area (Å²) in [5.41, 5.74) is 4.30. The average Bonchev–Trinajstić information content (AvgIpc) is 3.13. The van der Waals surface area contributed by atoms with Crippen LogP contribution in [0.5, 0.6) is 5.75 Å². The number of hydrogen-bond donors (Lipinski definition) is 1. The van der Waals surface area contributed by atoms with Gasteiger partial charge in [-0.05, 0) is 49.6 Å². The maximum Gasteiger partial charge on any atom is 0.191 e. The number of aromatic nitrogens is 4. The second kappa shape index (κ2) is 9.71. The van der Waals surface area contributed by atoms with Gasteiger partial charge >= 0.3 is 0 Å². The molecule has 6 nitrogen and oxygen atoms in total. The summed E-state index contributed by atoms with van der Waals surface area (Å²) in [4.78, 5) is 4.05. The molecule has 0 bridgehead atoms. The molecule has 0 fully saturated rings. The summed E-state index contributed by atoms with van der Waals surface area (Å²) in [7, 11) is 0. The average molecular weight is 411 g/mol. The van der Waals surface area contributed by atoms with Crippen LogP contribution in [0, 0.1) is 20.8 Å². The van der Waals surface area contributed by atoms with Gasteiger partial charge in [-0.1, -0.05) is 30.0 Å². The highest BCUT2D eigenvalue weighted by atomic mass is 32.2. The number of pyridine rings is 1. The molecule has 0 aliphatic rings. The zero-order chi connectivity index (χ0) is 20.8. The standard InChI is InChI=1S/C22H26N4O2S/c1-5-12-26-21(18-8-10-23-11-9-18)24-25-22(26)29-14-19(27)13-28-20-16(3)7-6-15(2)17(20)4/h5-11,19,27H,1,12-14H2,2-4H3/t19-/m0/s1. The Hall–Kier alpha value is -2.64. The van der Waals surface area contributed by atoms with E-state index in [2.05, 4.69) is 34.8 Å². The molecule has 3 aromatic rings. The van der Waals surface area contributed by atoms with E-state index in [0.29, 0.717) is 12.3 Å². The zero-order valence-corrected chi connectivity index (χ0v) is 17.8. The van der Waals surface area contributed by atoms with Crippen LogP contribution < -0.4 is 4.74 Å². The summed E-state index contributed by atoms with van der Waals surface area (Å²) in [6, 6.07) is 7.91. The van der Waals surface area contributed by atoms with Crippen LogP contribution in [-0.2, 0) is 6.54 Å². The van der Waals surface area contributed by atoms with Crippen molar-refractivity contribution < 1.29 is 9.84 Å². The van der Waals surface area contributed by atoms with Gasteiger partial charge in [-0.3, -0.25) is 9.55 Å². The number of nitrogens with zero attached hydrogens (tertiary/aromatic N) is 4. The Morgan fingerprint density at radius 2 is 1.86 bits per heavy atom. The molecule has 0 spiro atoms. The van der Waals surface area contributed by atoms with Crippen LogP contribution in [0.15, 0.2) is 54.5 Å². The van der Waals surface area contributed by atoms with Crippen molar-refractivity contribution in [3.8, 4) is 17.1 Å². The topological polar surface area (TPSA) is 73.1 Å². The molecule has 0 amide bonds. The Bertz CT molecular complexity index is 972. The number of thioether (sulfide) groups is 1. The molecule has 0 saturated carbocycles. The van der Waals surface area contributed by atoms with E-state index in [9.17, 15) is 5.11 Å². The van der Waals surface area contributed by atoms with E-state index < -0.39 is 6.10 Å². The van der Waals surface area contributed by atoms with E-state index in [1.165, 1.54) is 17.3 Å². The number of aryl methyl sites for hydroxylation is 2. The highest BCUT2D eigenvalue weighted by molar-refractivity contribution is 7.99. The van der Waals surface area contributed by atoms with Crippen molar-refractivity contribution in [1.82, 2.24) is 19.7 Å². The molecule has 7 heteroatoms. The minimum Gasteiger partial charge on any atom is -0.490 e. The van der Waals surface area contributed by atoms with E-state index in [1.807, 2.05) is 36.6 Å². The third kappa shape index (κ3) is 5.05. The predicted octanol–water partition coefficient (Wildman–Crippen LogP) is 3.98. The first-order chi connectivity index (χ1) is 14.0. The molecular weight excluding hydrogens is 384 g/mol. The number of allylic oxidation sites excluding steroid dienone is 1. The van der Waals surface area contributed by atoms with Crippen LogP contribution in [0.2, 0.25) is 0 Å². The lowest BCUT2D eigenvalue weighted by atomic mass is 10.1. The third-order valence-corrected chi connectivity index (χ3v) is 5.78. The lowest BCUT2D eigenvalue weighted by Gasteiger charge is -2.16. The van der Waals surface area contributed by atoms with Crippen LogP contribution >= 0.6 is 11.8 Å². The molecule has 0 aliphatic heterocycles. The number of hydrogen-bond acceptors (Lipinski definition) is 6. The van der Waals surface area contributed by atoms with Crippen molar-refractivity contribution in [2.45, 2.75) is 38.6 Å². The molecule has 2 heterocycles. The normalized spacial score (nSPS) is 12.0. The van der Waals surface area contributed by atoms with Crippen LogP contribution in [0.25, 0.3) is 11.4 Å². The maximum atomic E-state index is 10.4. The Labute approximate surface area is 175 Å². The van der Waals surface area contributed by atoms with Crippen molar-refractivity contribution in [2.24, 2.45) is 0 Å². The molecule has 1 N–H and O–H groups in total. The second-order valence-corrected chi connectivity index (χ2v) is 7.86. The first-order valence-electron chi connectivity index (χ1n) is 9.46. The van der Waals surface area contributed by atoms with Gasteiger partial charge < -0.3 is 9.84 Å². The molecule has 0 radical (unpaired) electrons. The van der Waals surface area contributed by atoms with Crippen LogP contribution in [0.1, 0.15) is 16.7 Å². The van der Waals surface area contributed by atoms with Crippen molar-refractivity contribution in [3.05, 3.63) is 66.0 Å². The lowest BCUT2D eigenvalue weighted by Crippen LogP contribution is -2.21. The number of benzene rings is 1. The maximum absolute atomic E-state index is 10.4. The van der Waals surface area contributed by atoms with Gasteiger partial charge in [0, 0.05) is 30.3 Å². The summed E-state index contributed by atoms with van der Waals surface area (Å²) < 4.78 is 7.90. The summed E-state index contributed by atoms with van der Waals surface area (Å²) in [6.07, 6.45) is 4.63. The van der Waals surface area contributed by atoms with Gasteiger partial charge in [-0.2, -0.15) is 0 Å². The van der Waals surface area contributed by atoms with Gasteiger partial charge in [-0.25, -0.2) is 0 Å². The summed E-state index contributed by atoms with van der Waals surface area (Å²) in [5, 5.41) is 19.8. The summed E-state index contributed by atoms with van der Waals surface area (Å²) in [5.74, 6) is 2.06. The molecule has 2 aromatic heterocycles. The molecule has 1 atom stereocenters. The van der Waals surface area contributed by atoms with Crippen molar-refractivity contribution in [2.75, 3.05) is 12.4 Å². The van der Waals surface area contributed by atoms with Gasteiger partial charge in [0.05, 0.1) is 6.10 Å². The lowest BCUT2D eigenvalue weighted by molar-refractivity contribution is 0.125. The molecule has 0 saturated heterocycles. The first kappa shape index (κ1) is 21.1. The van der Waals surface area contributed by atoms with E-state index >= 15 is 0 Å². The molecule has 3 rings (SSSR count). The number of rotatable bonds is 9. The van der Waals surface area contributed by atoms with Gasteiger partial charge in [0.15, 0.2) is 11.0 Å². The second-order valence-electron chi connectivity index (χ2n) is 6.87. The van der Waals surface area contributed by atoms with Crippen LogP contribution in [0.3, 0.4) is 0 Å². The molecule has 29 heavy (non-hydrogen) atoms. The quantitative estimate of drug-likeness (QED) is 0.425. The van der Waals surface area contributed by atoms with E-state index in [-0.39, 0.29) is 6.61 Å². The molecule has 152 valence electrons. The van der Waals surface area contributed by atoms with Gasteiger partial charge in [0.25, 0.3) is 0 Å². The molecule has 1 aromatic carbocycles. The van der Waals surface area contributed by atoms with Crippen LogP contribution in [0.4, 0.5) is 0 Å². The van der Waals surface area contributed by atoms with E-state index in [1.54, 1.807) is 18.5 Å². The number of aliphatic hydroxyl groups is 1. The van der Waals surface area contributed by atoms with Gasteiger partial charge in [-0.15, -0.1) is 16.8 Å². The number of aliphatic hydroxyl groups excluding tert-OH is 1. The number of ether oxygens (including phenoxy) is 1. The van der Waals surface area contributed by atoms with Crippen LogP contribution in [-0.4, -0.2) is 43.3 Å². The fraction of sp³-hybridized carbons (Fsp3) is 0.318. The highest BCUT2D eigenvalue weighted by Gasteiger charge is 2.16. The van der Waals surface area contributed by atoms with Gasteiger partial charge in [0.1, 0.15) is 12.4 Å². The Morgan fingerprint density at radius 1 is 1.14 bits per heavy atom.